The van der Waals surface area contributed by atoms with E-state index in [1.165, 1.54) is 24.3 Å². The van der Waals surface area contributed by atoms with E-state index >= 15 is 0 Å². The highest BCUT2D eigenvalue weighted by Gasteiger charge is 2.17. The molecule has 0 unspecified atom stereocenters. The molecular weight excluding hydrogens is 394 g/mol. The van der Waals surface area contributed by atoms with Gasteiger partial charge in [0.25, 0.3) is 0 Å². The van der Waals surface area contributed by atoms with Crippen molar-refractivity contribution in [2.45, 2.75) is 13.8 Å². The van der Waals surface area contributed by atoms with E-state index in [-0.39, 0.29) is 11.8 Å². The SMILES string of the molecule is CC(=O)N(c1ccccc1)c1nc(C=CC(=O)Nc2ccc(Cl)cc2C)cs1. The monoisotopic (exact) mass is 411 g/mol. The van der Waals surface area contributed by atoms with Gasteiger partial charge in [-0.15, -0.1) is 11.3 Å². The Hall–Kier alpha value is -2.96. The molecule has 0 atom stereocenters. The Kier molecular flexibility index (Phi) is 6.23. The van der Waals surface area contributed by atoms with Crippen LogP contribution in [0, 0.1) is 6.92 Å². The third-order valence-corrected chi connectivity index (χ3v) is 4.96. The van der Waals surface area contributed by atoms with Crippen LogP contribution in [0.3, 0.4) is 0 Å². The summed E-state index contributed by atoms with van der Waals surface area (Å²) in [4.78, 5) is 30.3. The molecule has 0 aliphatic rings. The second-order valence-electron chi connectivity index (χ2n) is 6.03. The fourth-order valence-corrected chi connectivity index (χ4v) is 3.64. The van der Waals surface area contributed by atoms with Gasteiger partial charge in [0.1, 0.15) is 0 Å². The lowest BCUT2D eigenvalue weighted by Crippen LogP contribution is -2.22. The van der Waals surface area contributed by atoms with E-state index in [4.69, 9.17) is 11.6 Å². The van der Waals surface area contributed by atoms with Crippen molar-refractivity contribution in [2.75, 3.05) is 10.2 Å². The van der Waals surface area contributed by atoms with Crippen LogP contribution >= 0.6 is 22.9 Å². The molecule has 0 fully saturated rings. The minimum absolute atomic E-state index is 0.132. The lowest BCUT2D eigenvalue weighted by atomic mass is 10.2. The zero-order chi connectivity index (χ0) is 20.1. The predicted molar refractivity (Wildman–Crippen MR) is 115 cm³/mol. The zero-order valence-electron chi connectivity index (χ0n) is 15.3. The summed E-state index contributed by atoms with van der Waals surface area (Å²) in [5.74, 6) is -0.404. The standard InChI is InChI=1S/C21H18ClN3O2S/c1-14-12-16(22)8-10-19(14)24-20(27)11-9-17-13-28-21(23-17)25(15(2)26)18-6-4-3-5-7-18/h3-13H,1-2H3,(H,24,27). The molecule has 0 saturated heterocycles. The van der Waals surface area contributed by atoms with Crippen molar-refractivity contribution in [1.29, 1.82) is 0 Å². The first-order chi connectivity index (χ1) is 13.4. The number of rotatable bonds is 5. The van der Waals surface area contributed by atoms with Gasteiger partial charge >= 0.3 is 0 Å². The fourth-order valence-electron chi connectivity index (χ4n) is 2.56. The van der Waals surface area contributed by atoms with Crippen molar-refractivity contribution in [1.82, 2.24) is 4.98 Å². The van der Waals surface area contributed by atoms with Crippen molar-refractivity contribution in [3.63, 3.8) is 0 Å². The number of aromatic nitrogens is 1. The summed E-state index contributed by atoms with van der Waals surface area (Å²) in [6, 6.07) is 14.6. The van der Waals surface area contributed by atoms with Crippen LogP contribution in [0.1, 0.15) is 18.2 Å². The molecule has 28 heavy (non-hydrogen) atoms. The Balaban J connectivity index is 1.72. The first-order valence-corrected chi connectivity index (χ1v) is 9.76. The van der Waals surface area contributed by atoms with Crippen molar-refractivity contribution in [3.05, 3.63) is 76.3 Å². The molecule has 0 spiro atoms. The summed E-state index contributed by atoms with van der Waals surface area (Å²) in [5, 5.41) is 5.77. The van der Waals surface area contributed by atoms with Crippen molar-refractivity contribution in [2.24, 2.45) is 0 Å². The summed E-state index contributed by atoms with van der Waals surface area (Å²) >= 11 is 7.26. The van der Waals surface area contributed by atoms with Gasteiger partial charge < -0.3 is 5.32 Å². The molecule has 1 N–H and O–H groups in total. The lowest BCUT2D eigenvalue weighted by molar-refractivity contribution is -0.116. The van der Waals surface area contributed by atoms with Gasteiger partial charge in [0.05, 0.1) is 11.4 Å². The molecule has 3 aromatic rings. The third-order valence-electron chi connectivity index (χ3n) is 3.88. The molecule has 5 nitrogen and oxygen atoms in total. The molecule has 142 valence electrons. The second kappa shape index (κ2) is 8.82. The minimum Gasteiger partial charge on any atom is -0.322 e. The molecule has 2 aromatic carbocycles. The van der Waals surface area contributed by atoms with Crippen LogP contribution in [0.4, 0.5) is 16.5 Å². The van der Waals surface area contributed by atoms with Gasteiger partial charge in [-0.1, -0.05) is 29.8 Å². The summed E-state index contributed by atoms with van der Waals surface area (Å²) < 4.78 is 0. The van der Waals surface area contributed by atoms with E-state index in [9.17, 15) is 9.59 Å². The molecule has 0 aliphatic carbocycles. The molecular formula is C21H18ClN3O2S. The van der Waals surface area contributed by atoms with E-state index in [0.717, 1.165) is 11.3 Å². The second-order valence-corrected chi connectivity index (χ2v) is 7.30. The third kappa shape index (κ3) is 4.85. The Morgan fingerprint density at radius 2 is 1.93 bits per heavy atom. The molecule has 0 aliphatic heterocycles. The van der Waals surface area contributed by atoms with Gasteiger partial charge in [-0.2, -0.15) is 0 Å². The van der Waals surface area contributed by atoms with Gasteiger partial charge in [-0.3, -0.25) is 14.5 Å². The maximum atomic E-state index is 12.2. The smallest absolute Gasteiger partial charge is 0.248 e. The number of carbonyl (C=O) groups excluding carboxylic acids is 2. The highest BCUT2D eigenvalue weighted by molar-refractivity contribution is 7.14. The Morgan fingerprint density at radius 1 is 1.18 bits per heavy atom. The summed E-state index contributed by atoms with van der Waals surface area (Å²) in [6.07, 6.45) is 3.03. The number of aryl methyl sites for hydroxylation is 1. The molecule has 3 rings (SSSR count). The average Bonchev–Trinajstić information content (AvgIpc) is 3.11. The first-order valence-electron chi connectivity index (χ1n) is 8.50. The van der Waals surface area contributed by atoms with Crippen molar-refractivity contribution >= 4 is 57.3 Å². The van der Waals surface area contributed by atoms with Gasteiger partial charge in [-0.25, -0.2) is 4.98 Å². The maximum Gasteiger partial charge on any atom is 0.248 e. The highest BCUT2D eigenvalue weighted by atomic mass is 35.5. The van der Waals surface area contributed by atoms with E-state index in [1.807, 2.05) is 37.3 Å². The van der Waals surface area contributed by atoms with Crippen molar-refractivity contribution < 1.29 is 9.59 Å². The predicted octanol–water partition coefficient (Wildman–Crippen LogP) is 5.44. The van der Waals surface area contributed by atoms with E-state index in [2.05, 4.69) is 10.3 Å². The van der Waals surface area contributed by atoms with E-state index in [1.54, 1.807) is 34.6 Å². The Labute approximate surface area is 172 Å². The molecule has 2 amide bonds. The average molecular weight is 412 g/mol. The van der Waals surface area contributed by atoms with Crippen LogP contribution in [0.5, 0.6) is 0 Å². The quantitative estimate of drug-likeness (QED) is 0.568. The summed E-state index contributed by atoms with van der Waals surface area (Å²) in [5.41, 5.74) is 2.93. The molecule has 0 saturated carbocycles. The van der Waals surface area contributed by atoms with Crippen molar-refractivity contribution in [3.8, 4) is 0 Å². The topological polar surface area (TPSA) is 62.3 Å². The van der Waals surface area contributed by atoms with Gasteiger partial charge in [-0.05, 0) is 48.9 Å². The van der Waals surface area contributed by atoms with Crippen LogP contribution < -0.4 is 10.2 Å². The normalized spacial score (nSPS) is 10.8. The number of benzene rings is 2. The number of para-hydroxylation sites is 1. The number of anilines is 3. The Morgan fingerprint density at radius 3 is 2.61 bits per heavy atom. The molecule has 1 heterocycles. The van der Waals surface area contributed by atoms with Crippen LogP contribution in [0.15, 0.2) is 60.0 Å². The number of thiazole rings is 1. The van der Waals surface area contributed by atoms with Crippen LogP contribution in [0.2, 0.25) is 5.02 Å². The number of carbonyl (C=O) groups is 2. The number of nitrogens with zero attached hydrogens (tertiary/aromatic N) is 2. The van der Waals surface area contributed by atoms with Gasteiger partial charge in [0, 0.05) is 29.1 Å². The van der Waals surface area contributed by atoms with E-state index < -0.39 is 0 Å². The largest absolute Gasteiger partial charge is 0.322 e. The van der Waals surface area contributed by atoms with Crippen LogP contribution in [0.25, 0.3) is 6.08 Å². The maximum absolute atomic E-state index is 12.2. The number of halogens is 1. The zero-order valence-corrected chi connectivity index (χ0v) is 16.9. The number of hydrogen-bond donors (Lipinski definition) is 1. The van der Waals surface area contributed by atoms with Crippen LogP contribution in [-0.4, -0.2) is 16.8 Å². The van der Waals surface area contributed by atoms with Gasteiger partial charge in [0.15, 0.2) is 5.13 Å². The lowest BCUT2D eigenvalue weighted by Gasteiger charge is -2.17. The number of amides is 2. The molecule has 0 radical (unpaired) electrons. The number of hydrogen-bond acceptors (Lipinski definition) is 4. The minimum atomic E-state index is -0.272. The van der Waals surface area contributed by atoms with E-state index in [0.29, 0.717) is 21.5 Å². The van der Waals surface area contributed by atoms with Gasteiger partial charge in [0.2, 0.25) is 11.8 Å². The number of nitrogens with one attached hydrogen (secondary N) is 1. The first kappa shape index (κ1) is 19.8. The van der Waals surface area contributed by atoms with Crippen LogP contribution in [-0.2, 0) is 9.59 Å². The summed E-state index contributed by atoms with van der Waals surface area (Å²) in [7, 11) is 0. The molecule has 0 bridgehead atoms. The fraction of sp³-hybridized carbons (Fsp3) is 0.0952. The molecule has 1 aromatic heterocycles. The molecule has 7 heteroatoms. The Bertz CT molecular complexity index is 1030. The highest BCUT2D eigenvalue weighted by Crippen LogP contribution is 2.29. The summed E-state index contributed by atoms with van der Waals surface area (Å²) in [6.45, 7) is 3.36.